The van der Waals surface area contributed by atoms with Crippen LogP contribution in [0.2, 0.25) is 0 Å². The van der Waals surface area contributed by atoms with Gasteiger partial charge in [-0.05, 0) is 43.5 Å². The molecule has 120 valence electrons. The molecule has 1 aliphatic heterocycles. The van der Waals surface area contributed by atoms with Crippen molar-refractivity contribution in [3.8, 4) is 11.5 Å². The number of pyridine rings is 1. The van der Waals surface area contributed by atoms with Crippen molar-refractivity contribution in [2.24, 2.45) is 0 Å². The zero-order valence-corrected chi connectivity index (χ0v) is 13.1. The summed E-state index contributed by atoms with van der Waals surface area (Å²) in [4.78, 5) is 26.2. The van der Waals surface area contributed by atoms with Crippen LogP contribution in [0.3, 0.4) is 0 Å². The number of aryl methyl sites for hydroxylation is 3. The van der Waals surface area contributed by atoms with Crippen LogP contribution in [0.4, 0.5) is 5.69 Å². The van der Waals surface area contributed by atoms with Crippen molar-refractivity contribution in [3.05, 3.63) is 51.4 Å². The average Bonchev–Trinajstić information content (AvgIpc) is 2.96. The zero-order chi connectivity index (χ0) is 16.4. The maximum absolute atomic E-state index is 12.1. The molecule has 0 bridgehead atoms. The minimum absolute atomic E-state index is 0.0964. The lowest BCUT2D eigenvalue weighted by molar-refractivity contribution is -0.116. The number of hydrogen-bond acceptors (Lipinski definition) is 4. The molecule has 2 heterocycles. The van der Waals surface area contributed by atoms with Crippen LogP contribution in [-0.4, -0.2) is 17.7 Å². The van der Waals surface area contributed by atoms with Gasteiger partial charge in [-0.2, -0.15) is 0 Å². The van der Waals surface area contributed by atoms with E-state index in [1.165, 1.54) is 6.07 Å². The van der Waals surface area contributed by atoms with Gasteiger partial charge in [0.2, 0.25) is 18.3 Å². The largest absolute Gasteiger partial charge is 0.454 e. The first-order valence-electron chi connectivity index (χ1n) is 7.42. The van der Waals surface area contributed by atoms with Crippen molar-refractivity contribution >= 4 is 11.6 Å². The molecular weight excluding hydrogens is 296 g/mol. The summed E-state index contributed by atoms with van der Waals surface area (Å²) in [5, 5.41) is 2.86. The van der Waals surface area contributed by atoms with Gasteiger partial charge in [0, 0.05) is 18.2 Å². The number of carbonyl (C=O) groups is 1. The summed E-state index contributed by atoms with van der Waals surface area (Å²) in [6.07, 6.45) is 0.946. The molecule has 0 saturated heterocycles. The molecule has 6 nitrogen and oxygen atoms in total. The number of aromatic amines is 1. The van der Waals surface area contributed by atoms with E-state index in [1.54, 1.807) is 13.8 Å². The third kappa shape index (κ3) is 3.36. The standard InChI is InChI=1S/C17H18N2O4/c1-10-7-16(21)18-11(2)17(10)19-15(20)6-4-12-3-5-13-14(8-12)23-9-22-13/h3,5,7-8H,4,6,9H2,1-2H3,(H,18,21)(H,19,20). The molecule has 1 amide bonds. The highest BCUT2D eigenvalue weighted by Crippen LogP contribution is 2.32. The molecule has 2 aromatic rings. The highest BCUT2D eigenvalue weighted by atomic mass is 16.7. The second kappa shape index (κ2) is 6.16. The molecule has 6 heteroatoms. The second-order valence-electron chi connectivity index (χ2n) is 5.55. The van der Waals surface area contributed by atoms with Crippen LogP contribution in [0.5, 0.6) is 11.5 Å². The fraction of sp³-hybridized carbons (Fsp3) is 0.294. The van der Waals surface area contributed by atoms with E-state index in [9.17, 15) is 9.59 Å². The Morgan fingerprint density at radius 3 is 2.78 bits per heavy atom. The molecule has 0 fully saturated rings. The van der Waals surface area contributed by atoms with Gasteiger partial charge in [-0.1, -0.05) is 6.07 Å². The molecule has 0 radical (unpaired) electrons. The fourth-order valence-corrected chi connectivity index (χ4v) is 2.60. The average molecular weight is 314 g/mol. The molecule has 0 saturated carbocycles. The minimum atomic E-state index is -0.168. The van der Waals surface area contributed by atoms with Gasteiger partial charge in [0.25, 0.3) is 0 Å². The molecule has 1 aromatic carbocycles. The SMILES string of the molecule is Cc1cc(=O)[nH]c(C)c1NC(=O)CCc1ccc2c(c1)OCO2. The molecule has 23 heavy (non-hydrogen) atoms. The van der Waals surface area contributed by atoms with Gasteiger partial charge in [0.15, 0.2) is 11.5 Å². The maximum Gasteiger partial charge on any atom is 0.248 e. The van der Waals surface area contributed by atoms with Crippen LogP contribution in [0.15, 0.2) is 29.1 Å². The molecule has 0 aliphatic carbocycles. The summed E-state index contributed by atoms with van der Waals surface area (Å²) < 4.78 is 10.6. The van der Waals surface area contributed by atoms with E-state index in [0.29, 0.717) is 24.2 Å². The summed E-state index contributed by atoms with van der Waals surface area (Å²) in [7, 11) is 0. The number of benzene rings is 1. The van der Waals surface area contributed by atoms with Crippen LogP contribution in [0.25, 0.3) is 0 Å². The molecule has 2 N–H and O–H groups in total. The van der Waals surface area contributed by atoms with Gasteiger partial charge in [0.05, 0.1) is 5.69 Å². The van der Waals surface area contributed by atoms with Crippen LogP contribution in [-0.2, 0) is 11.2 Å². The second-order valence-corrected chi connectivity index (χ2v) is 5.55. The lowest BCUT2D eigenvalue weighted by Crippen LogP contribution is -2.17. The summed E-state index contributed by atoms with van der Waals surface area (Å²) in [5.41, 5.74) is 2.92. The van der Waals surface area contributed by atoms with E-state index in [1.807, 2.05) is 18.2 Å². The summed E-state index contributed by atoms with van der Waals surface area (Å²) in [6, 6.07) is 7.15. The van der Waals surface area contributed by atoms with E-state index in [2.05, 4.69) is 10.3 Å². The van der Waals surface area contributed by atoms with Crippen molar-refractivity contribution in [2.75, 3.05) is 12.1 Å². The molecular formula is C17H18N2O4. The van der Waals surface area contributed by atoms with E-state index >= 15 is 0 Å². The van der Waals surface area contributed by atoms with Crippen LogP contribution < -0.4 is 20.3 Å². The van der Waals surface area contributed by atoms with Gasteiger partial charge >= 0.3 is 0 Å². The number of amides is 1. The number of hydrogen-bond donors (Lipinski definition) is 2. The smallest absolute Gasteiger partial charge is 0.248 e. The first kappa shape index (κ1) is 15.1. The van der Waals surface area contributed by atoms with Crippen molar-refractivity contribution in [2.45, 2.75) is 26.7 Å². The van der Waals surface area contributed by atoms with Crippen molar-refractivity contribution in [1.29, 1.82) is 0 Å². The molecule has 1 aromatic heterocycles. The number of ether oxygens (including phenoxy) is 2. The normalized spacial score (nSPS) is 12.3. The Morgan fingerprint density at radius 2 is 2.00 bits per heavy atom. The number of anilines is 1. The minimum Gasteiger partial charge on any atom is -0.454 e. The van der Waals surface area contributed by atoms with Gasteiger partial charge in [0.1, 0.15) is 0 Å². The summed E-state index contributed by atoms with van der Waals surface area (Å²) in [6.45, 7) is 3.81. The fourth-order valence-electron chi connectivity index (χ4n) is 2.60. The Hall–Kier alpha value is -2.76. The number of aromatic nitrogens is 1. The quantitative estimate of drug-likeness (QED) is 0.907. The molecule has 3 rings (SSSR count). The third-order valence-electron chi connectivity index (χ3n) is 3.77. The lowest BCUT2D eigenvalue weighted by Gasteiger charge is -2.11. The number of fused-ring (bicyclic) bond motifs is 1. The Bertz CT molecular complexity index is 784. The van der Waals surface area contributed by atoms with E-state index < -0.39 is 0 Å². The maximum atomic E-state index is 12.1. The number of H-pyrrole nitrogens is 1. The van der Waals surface area contributed by atoms with Gasteiger partial charge in [-0.3, -0.25) is 9.59 Å². The van der Waals surface area contributed by atoms with Gasteiger partial charge in [-0.25, -0.2) is 0 Å². The van der Waals surface area contributed by atoms with E-state index in [-0.39, 0.29) is 18.3 Å². The highest BCUT2D eigenvalue weighted by molar-refractivity contribution is 5.92. The number of rotatable bonds is 4. The molecule has 0 atom stereocenters. The van der Waals surface area contributed by atoms with E-state index in [0.717, 1.165) is 22.6 Å². The molecule has 1 aliphatic rings. The van der Waals surface area contributed by atoms with E-state index in [4.69, 9.17) is 9.47 Å². The Labute approximate surface area is 133 Å². The van der Waals surface area contributed by atoms with Crippen molar-refractivity contribution in [1.82, 2.24) is 4.98 Å². The first-order valence-corrected chi connectivity index (χ1v) is 7.42. The van der Waals surface area contributed by atoms with Gasteiger partial charge in [-0.15, -0.1) is 0 Å². The number of nitrogens with one attached hydrogen (secondary N) is 2. The summed E-state index contributed by atoms with van der Waals surface area (Å²) in [5.74, 6) is 1.36. The van der Waals surface area contributed by atoms with Crippen LogP contribution in [0.1, 0.15) is 23.2 Å². The summed E-state index contributed by atoms with van der Waals surface area (Å²) >= 11 is 0. The predicted octanol–water partition coefficient (Wildman–Crippen LogP) is 2.29. The van der Waals surface area contributed by atoms with Crippen LogP contribution in [0, 0.1) is 13.8 Å². The first-order chi connectivity index (χ1) is 11.0. The monoisotopic (exact) mass is 314 g/mol. The van der Waals surface area contributed by atoms with Gasteiger partial charge < -0.3 is 19.8 Å². The predicted molar refractivity (Wildman–Crippen MR) is 86.1 cm³/mol. The Morgan fingerprint density at radius 1 is 1.22 bits per heavy atom. The van der Waals surface area contributed by atoms with Crippen molar-refractivity contribution in [3.63, 3.8) is 0 Å². The Balaban J connectivity index is 1.63. The number of carbonyl (C=O) groups excluding carboxylic acids is 1. The van der Waals surface area contributed by atoms with Crippen molar-refractivity contribution < 1.29 is 14.3 Å². The topological polar surface area (TPSA) is 80.4 Å². The molecule has 0 unspecified atom stereocenters. The molecule has 0 spiro atoms. The lowest BCUT2D eigenvalue weighted by atomic mass is 10.1. The van der Waals surface area contributed by atoms with Crippen LogP contribution >= 0.6 is 0 Å². The zero-order valence-electron chi connectivity index (χ0n) is 13.1. The Kier molecular flexibility index (Phi) is 4.06. The highest BCUT2D eigenvalue weighted by Gasteiger charge is 2.14. The third-order valence-corrected chi connectivity index (χ3v) is 3.77.